The van der Waals surface area contributed by atoms with Crippen LogP contribution in [0, 0.1) is 35.0 Å². The van der Waals surface area contributed by atoms with Gasteiger partial charge in [-0.3, -0.25) is 0 Å². The van der Waals surface area contributed by atoms with Crippen LogP contribution in [0.1, 0.15) is 76.7 Å². The smallest absolute Gasteiger partial charge is 0.0632 e. The van der Waals surface area contributed by atoms with Gasteiger partial charge >= 0.3 is 0 Å². The summed E-state index contributed by atoms with van der Waals surface area (Å²) >= 11 is 0. The molecule has 5 rings (SSSR count). The highest BCUT2D eigenvalue weighted by Gasteiger charge is 2.58. The maximum absolute atomic E-state index is 11.2. The van der Waals surface area contributed by atoms with Gasteiger partial charge in [0.1, 0.15) is 0 Å². The van der Waals surface area contributed by atoms with Crippen LogP contribution in [0.5, 0.6) is 0 Å². The van der Waals surface area contributed by atoms with Gasteiger partial charge in [-0.2, -0.15) is 0 Å². The predicted molar refractivity (Wildman–Crippen MR) is 126 cm³/mol. The molecule has 4 aliphatic rings. The third kappa shape index (κ3) is 3.41. The number of hydrogen-bond donors (Lipinski definition) is 2. The lowest BCUT2D eigenvalue weighted by Crippen LogP contribution is -2.52. The summed E-state index contributed by atoms with van der Waals surface area (Å²) in [6.45, 7) is 4.43. The van der Waals surface area contributed by atoms with E-state index >= 15 is 0 Å². The summed E-state index contributed by atoms with van der Waals surface area (Å²) in [5, 5.41) is 24.6. The molecule has 2 N–H and O–H groups in total. The van der Waals surface area contributed by atoms with Gasteiger partial charge in [0.05, 0.1) is 11.3 Å². The molecule has 4 nitrogen and oxygen atoms in total. The van der Waals surface area contributed by atoms with Crippen molar-refractivity contribution in [2.24, 2.45) is 40.2 Å². The maximum atomic E-state index is 11.2. The van der Waals surface area contributed by atoms with Gasteiger partial charge in [0.25, 0.3) is 0 Å². The number of anilines is 1. The molecule has 0 bridgehead atoms. The minimum atomic E-state index is -0.563. The van der Waals surface area contributed by atoms with Crippen LogP contribution in [0.2, 0.25) is 0 Å². The van der Waals surface area contributed by atoms with E-state index in [1.165, 1.54) is 36.9 Å². The number of rotatable bonds is 2. The largest absolute Gasteiger partial charge is 0.411 e. The van der Waals surface area contributed by atoms with Gasteiger partial charge in [-0.1, -0.05) is 24.2 Å². The zero-order chi connectivity index (χ0) is 22.0. The topological polar surface area (TPSA) is 56.1 Å². The lowest BCUT2D eigenvalue weighted by molar-refractivity contribution is -0.0987. The van der Waals surface area contributed by atoms with Gasteiger partial charge in [-0.05, 0) is 111 Å². The fraction of sp³-hybridized carbons (Fsp3) is 0.741. The van der Waals surface area contributed by atoms with Gasteiger partial charge in [0.15, 0.2) is 0 Å². The van der Waals surface area contributed by atoms with Crippen LogP contribution < -0.4 is 4.90 Å². The number of aliphatic hydroxyl groups is 1. The summed E-state index contributed by atoms with van der Waals surface area (Å²) in [5.41, 5.74) is 3.25. The highest BCUT2D eigenvalue weighted by Crippen LogP contribution is 2.64. The summed E-state index contributed by atoms with van der Waals surface area (Å²) in [7, 11) is 4.18. The highest BCUT2D eigenvalue weighted by molar-refractivity contribution is 5.91. The molecule has 170 valence electrons. The molecule has 1 aromatic carbocycles. The second-order valence-corrected chi connectivity index (χ2v) is 11.9. The normalized spacial score (nSPS) is 45.6. The van der Waals surface area contributed by atoms with E-state index in [9.17, 15) is 10.3 Å². The third-order valence-electron chi connectivity index (χ3n) is 9.93. The van der Waals surface area contributed by atoms with Crippen molar-refractivity contribution >= 4 is 11.4 Å². The first-order valence-electron chi connectivity index (χ1n) is 12.4. The molecule has 31 heavy (non-hydrogen) atoms. The van der Waals surface area contributed by atoms with E-state index in [1.807, 2.05) is 0 Å². The second-order valence-electron chi connectivity index (χ2n) is 11.9. The Kier molecular flexibility index (Phi) is 5.16. The Morgan fingerprint density at radius 2 is 1.71 bits per heavy atom. The van der Waals surface area contributed by atoms with Crippen molar-refractivity contribution < 1.29 is 10.3 Å². The minimum Gasteiger partial charge on any atom is -0.411 e. The number of nitrogens with zero attached hydrogens (tertiary/aromatic N) is 2. The van der Waals surface area contributed by atoms with Crippen LogP contribution in [0.3, 0.4) is 0 Å². The molecule has 0 aliphatic heterocycles. The number of fused-ring (bicyclic) bond motifs is 5. The molecule has 0 heterocycles. The van der Waals surface area contributed by atoms with E-state index in [-0.39, 0.29) is 5.41 Å². The first-order chi connectivity index (χ1) is 14.7. The Morgan fingerprint density at radius 1 is 0.968 bits per heavy atom. The van der Waals surface area contributed by atoms with E-state index in [1.54, 1.807) is 0 Å². The molecule has 0 radical (unpaired) electrons. The van der Waals surface area contributed by atoms with Gasteiger partial charge in [-0.15, -0.1) is 0 Å². The van der Waals surface area contributed by atoms with E-state index < -0.39 is 5.60 Å². The molecule has 1 aromatic rings. The standard InChI is InChI=1S/C27H40N2O2/c1-26(30)15-18-7-10-20-21(13-14-27(2)23(20)11-12-24(27)28-31)25(18)22(16-26)17-5-8-19(9-6-17)29(3)4/h5-6,8-9,18,20-23,25,30-31H,7,10-16H2,1-4H3/t18-,20+,21-,22-,23-,25-,26-,27-/m0/s1. The first kappa shape index (κ1) is 21.3. The van der Waals surface area contributed by atoms with Crippen molar-refractivity contribution in [3.63, 3.8) is 0 Å². The maximum Gasteiger partial charge on any atom is 0.0632 e. The first-order valence-corrected chi connectivity index (χ1v) is 12.4. The predicted octanol–water partition coefficient (Wildman–Crippen LogP) is 5.68. The van der Waals surface area contributed by atoms with E-state index in [0.29, 0.717) is 23.7 Å². The molecule has 0 saturated heterocycles. The van der Waals surface area contributed by atoms with Crippen molar-refractivity contribution in [2.45, 2.75) is 76.7 Å². The lowest BCUT2D eigenvalue weighted by Gasteiger charge is -2.58. The van der Waals surface area contributed by atoms with Crippen molar-refractivity contribution in [3.05, 3.63) is 29.8 Å². The molecule has 0 spiro atoms. The summed E-state index contributed by atoms with van der Waals surface area (Å²) in [6, 6.07) is 9.13. The van der Waals surface area contributed by atoms with Crippen molar-refractivity contribution in [3.8, 4) is 0 Å². The van der Waals surface area contributed by atoms with E-state index in [2.05, 4.69) is 62.3 Å². The van der Waals surface area contributed by atoms with Crippen LogP contribution in [0.25, 0.3) is 0 Å². The quantitative estimate of drug-likeness (QED) is 0.474. The van der Waals surface area contributed by atoms with Gasteiger partial charge in [0.2, 0.25) is 0 Å². The molecule has 4 saturated carbocycles. The molecular formula is C27H40N2O2. The van der Waals surface area contributed by atoms with Gasteiger partial charge in [-0.25, -0.2) is 0 Å². The molecule has 4 fully saturated rings. The van der Waals surface area contributed by atoms with Crippen LogP contribution >= 0.6 is 0 Å². The van der Waals surface area contributed by atoms with E-state index in [0.717, 1.165) is 43.2 Å². The second kappa shape index (κ2) is 7.50. The van der Waals surface area contributed by atoms with Crippen LogP contribution in [-0.4, -0.2) is 35.7 Å². The van der Waals surface area contributed by atoms with Gasteiger partial charge in [0, 0.05) is 25.2 Å². The molecule has 0 amide bonds. The van der Waals surface area contributed by atoms with Crippen molar-refractivity contribution in [1.82, 2.24) is 0 Å². The number of oxime groups is 1. The zero-order valence-electron chi connectivity index (χ0n) is 19.7. The summed E-state index contributed by atoms with van der Waals surface area (Å²) < 4.78 is 0. The average Bonchev–Trinajstić information content (AvgIpc) is 3.08. The number of benzene rings is 1. The Morgan fingerprint density at radius 3 is 2.39 bits per heavy atom. The number of hydrogen-bond acceptors (Lipinski definition) is 4. The summed E-state index contributed by atoms with van der Waals surface area (Å²) in [5.74, 6) is 3.88. The van der Waals surface area contributed by atoms with Crippen LogP contribution in [0.4, 0.5) is 5.69 Å². The van der Waals surface area contributed by atoms with E-state index in [4.69, 9.17) is 0 Å². The van der Waals surface area contributed by atoms with Crippen molar-refractivity contribution in [1.29, 1.82) is 0 Å². The Bertz CT molecular complexity index is 845. The zero-order valence-corrected chi connectivity index (χ0v) is 19.7. The van der Waals surface area contributed by atoms with Crippen LogP contribution in [0.15, 0.2) is 29.4 Å². The minimum absolute atomic E-state index is 0.103. The third-order valence-corrected chi connectivity index (χ3v) is 9.93. The SMILES string of the molecule is CN(C)c1ccc([C@@H]2C[C@@](C)(O)C[C@@H]3CC[C@@H]4[C@H](CC[C@]5(C)C(=NO)CC[C@@H]45)[C@H]32)cc1. The molecule has 4 aliphatic carbocycles. The lowest BCUT2D eigenvalue weighted by atomic mass is 9.47. The van der Waals surface area contributed by atoms with Crippen molar-refractivity contribution in [2.75, 3.05) is 19.0 Å². The Balaban J connectivity index is 1.48. The average molecular weight is 425 g/mol. The Hall–Kier alpha value is -1.55. The molecule has 0 aromatic heterocycles. The summed E-state index contributed by atoms with van der Waals surface area (Å²) in [6.07, 6.45) is 8.92. The van der Waals surface area contributed by atoms with Crippen LogP contribution in [-0.2, 0) is 0 Å². The van der Waals surface area contributed by atoms with Gasteiger partial charge < -0.3 is 15.2 Å². The molecule has 4 heteroatoms. The fourth-order valence-electron chi connectivity index (χ4n) is 8.59. The molecular weight excluding hydrogens is 384 g/mol. The Labute approximate surface area is 187 Å². The molecule has 8 atom stereocenters. The monoisotopic (exact) mass is 424 g/mol. The fourth-order valence-corrected chi connectivity index (χ4v) is 8.59. The highest BCUT2D eigenvalue weighted by atomic mass is 16.4. The molecule has 0 unspecified atom stereocenters. The summed E-state index contributed by atoms with van der Waals surface area (Å²) in [4.78, 5) is 2.16.